The molecule has 1 aliphatic heterocycles. The molecule has 1 aromatic rings. The second-order valence-electron chi connectivity index (χ2n) is 4.26. The van der Waals surface area contributed by atoms with Crippen molar-refractivity contribution < 1.29 is 14.8 Å². The van der Waals surface area contributed by atoms with Crippen molar-refractivity contribution >= 4 is 5.69 Å². The fourth-order valence-corrected chi connectivity index (χ4v) is 2.08. The molecule has 0 radical (unpaired) electrons. The Bertz CT molecular complexity index is 382. The van der Waals surface area contributed by atoms with Crippen LogP contribution < -0.4 is 0 Å². The van der Waals surface area contributed by atoms with Gasteiger partial charge in [-0.1, -0.05) is 12.1 Å². The van der Waals surface area contributed by atoms with Crippen LogP contribution in [0, 0.1) is 10.1 Å². The quantitative estimate of drug-likeness (QED) is 0.643. The number of aliphatic hydroxyl groups excluding tert-OH is 1. The molecule has 0 amide bonds. The van der Waals surface area contributed by atoms with Gasteiger partial charge in [-0.25, -0.2) is 0 Å². The Kier molecular flexibility index (Phi) is 3.71. The molecular weight excluding hydrogens is 222 g/mol. The van der Waals surface area contributed by atoms with E-state index in [0.717, 1.165) is 18.4 Å². The molecule has 0 aromatic heterocycles. The van der Waals surface area contributed by atoms with E-state index in [9.17, 15) is 10.1 Å². The molecule has 0 saturated carbocycles. The number of nitro benzene ring substituents is 1. The van der Waals surface area contributed by atoms with Crippen LogP contribution in [0.15, 0.2) is 24.3 Å². The number of benzene rings is 1. The maximum Gasteiger partial charge on any atom is 0.269 e. The van der Waals surface area contributed by atoms with Crippen molar-refractivity contribution in [1.29, 1.82) is 0 Å². The minimum absolute atomic E-state index is 0.0516. The topological polar surface area (TPSA) is 72.6 Å². The van der Waals surface area contributed by atoms with Crippen molar-refractivity contribution in [1.82, 2.24) is 0 Å². The van der Waals surface area contributed by atoms with Crippen molar-refractivity contribution in [2.24, 2.45) is 0 Å². The second kappa shape index (κ2) is 5.25. The van der Waals surface area contributed by atoms with Gasteiger partial charge in [0.25, 0.3) is 5.69 Å². The van der Waals surface area contributed by atoms with E-state index in [1.165, 1.54) is 12.1 Å². The number of aliphatic hydroxyl groups is 1. The SMILES string of the molecule is O=[N+]([O-])c1ccc(C2CCC(CO)OC2)cc1. The first-order valence-electron chi connectivity index (χ1n) is 5.67. The van der Waals surface area contributed by atoms with E-state index in [2.05, 4.69) is 0 Å². The number of ether oxygens (including phenoxy) is 1. The zero-order valence-corrected chi connectivity index (χ0v) is 9.41. The van der Waals surface area contributed by atoms with Crippen LogP contribution in [-0.4, -0.2) is 29.3 Å². The van der Waals surface area contributed by atoms with Gasteiger partial charge in [-0.05, 0) is 18.4 Å². The van der Waals surface area contributed by atoms with Gasteiger partial charge in [0.15, 0.2) is 0 Å². The predicted molar refractivity (Wildman–Crippen MR) is 61.9 cm³/mol. The lowest BCUT2D eigenvalue weighted by atomic mass is 9.91. The fraction of sp³-hybridized carbons (Fsp3) is 0.500. The van der Waals surface area contributed by atoms with Crippen molar-refractivity contribution in [3.05, 3.63) is 39.9 Å². The van der Waals surface area contributed by atoms with Crippen molar-refractivity contribution in [2.45, 2.75) is 24.9 Å². The normalized spacial score (nSPS) is 24.5. The molecule has 1 fully saturated rings. The highest BCUT2D eigenvalue weighted by Crippen LogP contribution is 2.29. The van der Waals surface area contributed by atoms with E-state index >= 15 is 0 Å². The van der Waals surface area contributed by atoms with Gasteiger partial charge in [0.1, 0.15) is 0 Å². The summed E-state index contributed by atoms with van der Waals surface area (Å²) in [6.45, 7) is 0.635. The molecule has 2 atom stereocenters. The van der Waals surface area contributed by atoms with Crippen molar-refractivity contribution in [2.75, 3.05) is 13.2 Å². The third-order valence-corrected chi connectivity index (χ3v) is 3.15. The molecule has 1 saturated heterocycles. The maximum absolute atomic E-state index is 10.5. The third-order valence-electron chi connectivity index (χ3n) is 3.15. The molecule has 1 aliphatic rings. The van der Waals surface area contributed by atoms with Crippen LogP contribution in [-0.2, 0) is 4.74 Å². The summed E-state index contributed by atoms with van der Waals surface area (Å²) in [6.07, 6.45) is 1.73. The monoisotopic (exact) mass is 237 g/mol. The first-order chi connectivity index (χ1) is 8.20. The number of nitro groups is 1. The molecule has 92 valence electrons. The fourth-order valence-electron chi connectivity index (χ4n) is 2.08. The van der Waals surface area contributed by atoms with E-state index in [4.69, 9.17) is 9.84 Å². The van der Waals surface area contributed by atoms with Crippen LogP contribution in [0.5, 0.6) is 0 Å². The molecule has 0 aliphatic carbocycles. The Balaban J connectivity index is 2.01. The van der Waals surface area contributed by atoms with Gasteiger partial charge in [-0.3, -0.25) is 10.1 Å². The molecule has 0 bridgehead atoms. The van der Waals surface area contributed by atoms with Crippen LogP contribution in [0.3, 0.4) is 0 Å². The number of nitrogens with zero attached hydrogens (tertiary/aromatic N) is 1. The van der Waals surface area contributed by atoms with E-state index in [0.29, 0.717) is 6.61 Å². The summed E-state index contributed by atoms with van der Waals surface area (Å²) in [4.78, 5) is 10.1. The van der Waals surface area contributed by atoms with Crippen LogP contribution in [0.4, 0.5) is 5.69 Å². The Hall–Kier alpha value is -1.46. The van der Waals surface area contributed by atoms with Gasteiger partial charge >= 0.3 is 0 Å². The smallest absolute Gasteiger partial charge is 0.269 e. The lowest BCUT2D eigenvalue weighted by molar-refractivity contribution is -0.384. The lowest BCUT2D eigenvalue weighted by Crippen LogP contribution is -2.27. The molecule has 5 heteroatoms. The lowest BCUT2D eigenvalue weighted by Gasteiger charge is -2.28. The Morgan fingerprint density at radius 3 is 2.53 bits per heavy atom. The largest absolute Gasteiger partial charge is 0.394 e. The molecule has 1 N–H and O–H groups in total. The highest BCUT2D eigenvalue weighted by atomic mass is 16.6. The first kappa shape index (κ1) is 12.0. The molecule has 1 heterocycles. The van der Waals surface area contributed by atoms with Crippen molar-refractivity contribution in [3.63, 3.8) is 0 Å². The first-order valence-corrected chi connectivity index (χ1v) is 5.67. The number of rotatable bonds is 3. The molecule has 5 nitrogen and oxygen atoms in total. The van der Waals surface area contributed by atoms with Gasteiger partial charge < -0.3 is 9.84 Å². The summed E-state index contributed by atoms with van der Waals surface area (Å²) >= 11 is 0. The van der Waals surface area contributed by atoms with E-state index in [1.54, 1.807) is 12.1 Å². The summed E-state index contributed by atoms with van der Waals surface area (Å²) in [7, 11) is 0. The third kappa shape index (κ3) is 2.81. The number of hydrogen-bond donors (Lipinski definition) is 1. The van der Waals surface area contributed by atoms with Gasteiger partial charge in [-0.15, -0.1) is 0 Å². The number of non-ortho nitro benzene ring substituents is 1. The Morgan fingerprint density at radius 1 is 1.35 bits per heavy atom. The molecule has 1 aromatic carbocycles. The molecule has 17 heavy (non-hydrogen) atoms. The van der Waals surface area contributed by atoms with E-state index in [-0.39, 0.29) is 24.3 Å². The summed E-state index contributed by atoms with van der Waals surface area (Å²) < 4.78 is 5.49. The zero-order chi connectivity index (χ0) is 12.3. The van der Waals surface area contributed by atoms with Crippen molar-refractivity contribution in [3.8, 4) is 0 Å². The van der Waals surface area contributed by atoms with Crippen LogP contribution in [0.1, 0.15) is 24.3 Å². The van der Waals surface area contributed by atoms with Gasteiger partial charge in [0.2, 0.25) is 0 Å². The van der Waals surface area contributed by atoms with Gasteiger partial charge in [-0.2, -0.15) is 0 Å². The Morgan fingerprint density at radius 2 is 2.06 bits per heavy atom. The van der Waals surface area contributed by atoms with Gasteiger partial charge in [0.05, 0.1) is 24.2 Å². The predicted octanol–water partition coefficient (Wildman–Crippen LogP) is 1.85. The molecular formula is C12H15NO4. The summed E-state index contributed by atoms with van der Waals surface area (Å²) in [5.74, 6) is 0.276. The van der Waals surface area contributed by atoms with Crippen LogP contribution in [0.2, 0.25) is 0 Å². The minimum atomic E-state index is -0.400. The zero-order valence-electron chi connectivity index (χ0n) is 9.41. The summed E-state index contributed by atoms with van der Waals surface area (Å²) in [5, 5.41) is 19.5. The maximum atomic E-state index is 10.5. The minimum Gasteiger partial charge on any atom is -0.394 e. The summed E-state index contributed by atoms with van der Waals surface area (Å²) in [5.41, 5.74) is 1.17. The average Bonchev–Trinajstić information content (AvgIpc) is 2.39. The van der Waals surface area contributed by atoms with E-state index in [1.807, 2.05) is 0 Å². The van der Waals surface area contributed by atoms with E-state index < -0.39 is 4.92 Å². The molecule has 2 rings (SSSR count). The van der Waals surface area contributed by atoms with Crippen LogP contribution in [0.25, 0.3) is 0 Å². The highest BCUT2D eigenvalue weighted by Gasteiger charge is 2.22. The number of hydrogen-bond acceptors (Lipinski definition) is 4. The molecule has 0 spiro atoms. The Labute approximate surface area is 99.2 Å². The average molecular weight is 237 g/mol. The highest BCUT2D eigenvalue weighted by molar-refractivity contribution is 5.34. The molecule has 2 unspecified atom stereocenters. The summed E-state index contributed by atoms with van der Waals surface area (Å²) in [6, 6.07) is 6.61. The van der Waals surface area contributed by atoms with Gasteiger partial charge in [0, 0.05) is 18.1 Å². The van der Waals surface area contributed by atoms with Crippen LogP contribution >= 0.6 is 0 Å². The standard InChI is InChI=1S/C12H15NO4/c14-7-12-6-3-10(8-17-12)9-1-4-11(5-2-9)13(15)16/h1-2,4-5,10,12,14H,3,6-8H2. The second-order valence-corrected chi connectivity index (χ2v) is 4.26.